The van der Waals surface area contributed by atoms with Gasteiger partial charge in [0.1, 0.15) is 0 Å². The van der Waals surface area contributed by atoms with Crippen LogP contribution in [0.25, 0.3) is 0 Å². The first kappa shape index (κ1) is 19.2. The Morgan fingerprint density at radius 2 is 1.67 bits per heavy atom. The molecular weight excluding hydrogens is 336 g/mol. The lowest BCUT2D eigenvalue weighted by Gasteiger charge is -2.30. The van der Waals surface area contributed by atoms with Crippen LogP contribution in [0.5, 0.6) is 0 Å². The molecule has 1 aliphatic rings. The van der Waals surface area contributed by atoms with Gasteiger partial charge in [-0.2, -0.15) is 0 Å². The first-order chi connectivity index (χ1) is 12.9. The van der Waals surface area contributed by atoms with Crippen LogP contribution in [0.2, 0.25) is 0 Å². The van der Waals surface area contributed by atoms with Crippen LogP contribution >= 0.6 is 0 Å². The monoisotopic (exact) mass is 364 g/mol. The number of rotatable bonds is 4. The normalized spacial score (nSPS) is 15.0. The average Bonchev–Trinajstić information content (AvgIpc) is 2.68. The molecule has 1 saturated heterocycles. The molecule has 4 nitrogen and oxygen atoms in total. The molecule has 0 spiro atoms. The zero-order chi connectivity index (χ0) is 19.4. The molecule has 1 aliphatic heterocycles. The summed E-state index contributed by atoms with van der Waals surface area (Å²) in [5, 5.41) is 2.90. The van der Waals surface area contributed by atoms with E-state index in [1.54, 1.807) is 6.07 Å². The Labute approximate surface area is 161 Å². The molecule has 4 heteroatoms. The third-order valence-electron chi connectivity index (χ3n) is 5.28. The van der Waals surface area contributed by atoms with Gasteiger partial charge in [0.15, 0.2) is 0 Å². The topological polar surface area (TPSA) is 49.4 Å². The van der Waals surface area contributed by atoms with Crippen LogP contribution in [-0.2, 0) is 0 Å². The highest BCUT2D eigenvalue weighted by Crippen LogP contribution is 2.20. The zero-order valence-electron chi connectivity index (χ0n) is 16.4. The molecule has 0 unspecified atom stereocenters. The van der Waals surface area contributed by atoms with Gasteiger partial charge in [0.05, 0.1) is 0 Å². The molecule has 142 valence electrons. The van der Waals surface area contributed by atoms with Crippen molar-refractivity contribution in [3.05, 3.63) is 65.2 Å². The Morgan fingerprint density at radius 3 is 2.30 bits per heavy atom. The van der Waals surface area contributed by atoms with Gasteiger partial charge in [-0.1, -0.05) is 39.0 Å². The van der Waals surface area contributed by atoms with Crippen molar-refractivity contribution >= 4 is 17.5 Å². The summed E-state index contributed by atoms with van der Waals surface area (Å²) in [6, 6.07) is 14.9. The van der Waals surface area contributed by atoms with Crippen molar-refractivity contribution in [3.63, 3.8) is 0 Å². The molecule has 2 aromatic rings. The summed E-state index contributed by atoms with van der Waals surface area (Å²) in [6.07, 6.45) is 2.10. The standard InChI is InChI=1S/C23H28N2O2/c1-16(2)18-7-9-19(10-8-18)22(26)24-21-6-4-5-20(15-21)23(27)25-13-11-17(3)12-14-25/h4-10,15-17H,11-14H2,1-3H3,(H,24,26). The lowest BCUT2D eigenvalue weighted by Crippen LogP contribution is -2.37. The van der Waals surface area contributed by atoms with Gasteiger partial charge in [-0.05, 0) is 60.6 Å². The molecule has 0 saturated carbocycles. The third kappa shape index (κ3) is 4.76. The minimum Gasteiger partial charge on any atom is -0.339 e. The number of anilines is 1. The van der Waals surface area contributed by atoms with Crippen molar-refractivity contribution in [1.29, 1.82) is 0 Å². The number of likely N-dealkylation sites (tertiary alicyclic amines) is 1. The fourth-order valence-electron chi connectivity index (χ4n) is 3.35. The SMILES string of the molecule is CC1CCN(C(=O)c2cccc(NC(=O)c3ccc(C(C)C)cc3)c2)CC1. The zero-order valence-corrected chi connectivity index (χ0v) is 16.4. The van der Waals surface area contributed by atoms with Gasteiger partial charge in [0, 0.05) is 29.9 Å². The molecule has 2 aromatic carbocycles. The van der Waals surface area contributed by atoms with Crippen LogP contribution in [0.1, 0.15) is 65.8 Å². The summed E-state index contributed by atoms with van der Waals surface area (Å²) in [5.41, 5.74) is 3.08. The van der Waals surface area contributed by atoms with Crippen LogP contribution in [0, 0.1) is 5.92 Å². The minimum atomic E-state index is -0.165. The van der Waals surface area contributed by atoms with Crippen molar-refractivity contribution in [2.75, 3.05) is 18.4 Å². The first-order valence-electron chi connectivity index (χ1n) is 9.74. The van der Waals surface area contributed by atoms with Gasteiger partial charge in [0.2, 0.25) is 0 Å². The van der Waals surface area contributed by atoms with E-state index in [1.165, 1.54) is 5.56 Å². The molecule has 0 atom stereocenters. The number of benzene rings is 2. The van der Waals surface area contributed by atoms with E-state index in [4.69, 9.17) is 0 Å². The number of nitrogens with one attached hydrogen (secondary N) is 1. The Bertz CT molecular complexity index is 803. The van der Waals surface area contributed by atoms with Crippen molar-refractivity contribution in [3.8, 4) is 0 Å². The molecule has 2 amide bonds. The number of hydrogen-bond acceptors (Lipinski definition) is 2. The van der Waals surface area contributed by atoms with Crippen LogP contribution in [-0.4, -0.2) is 29.8 Å². The van der Waals surface area contributed by atoms with Crippen LogP contribution < -0.4 is 5.32 Å². The molecule has 0 radical (unpaired) electrons. The Morgan fingerprint density at radius 1 is 1.00 bits per heavy atom. The maximum absolute atomic E-state index is 12.7. The number of amides is 2. The molecule has 27 heavy (non-hydrogen) atoms. The number of carbonyl (C=O) groups is 2. The van der Waals surface area contributed by atoms with Crippen LogP contribution in [0.15, 0.2) is 48.5 Å². The van der Waals surface area contributed by atoms with Crippen molar-refractivity contribution < 1.29 is 9.59 Å². The van der Waals surface area contributed by atoms with Crippen molar-refractivity contribution in [2.45, 2.75) is 39.5 Å². The Kier molecular flexibility index (Phi) is 5.94. The summed E-state index contributed by atoms with van der Waals surface area (Å²) >= 11 is 0. The molecule has 0 aliphatic carbocycles. The van der Waals surface area contributed by atoms with Gasteiger partial charge in [-0.3, -0.25) is 9.59 Å². The second-order valence-electron chi connectivity index (χ2n) is 7.79. The van der Waals surface area contributed by atoms with E-state index in [0.717, 1.165) is 25.9 Å². The summed E-state index contributed by atoms with van der Waals surface area (Å²) in [4.78, 5) is 27.1. The molecular formula is C23H28N2O2. The maximum Gasteiger partial charge on any atom is 0.255 e. The molecule has 0 aromatic heterocycles. The van der Waals surface area contributed by atoms with E-state index in [0.29, 0.717) is 28.7 Å². The summed E-state index contributed by atoms with van der Waals surface area (Å²) in [7, 11) is 0. The third-order valence-corrected chi connectivity index (χ3v) is 5.28. The smallest absolute Gasteiger partial charge is 0.255 e. The predicted molar refractivity (Wildman–Crippen MR) is 109 cm³/mol. The lowest BCUT2D eigenvalue weighted by molar-refractivity contribution is 0.0697. The van der Waals surface area contributed by atoms with Gasteiger partial charge in [-0.15, -0.1) is 0 Å². The molecule has 1 N–H and O–H groups in total. The van der Waals surface area contributed by atoms with E-state index in [-0.39, 0.29) is 11.8 Å². The van der Waals surface area contributed by atoms with Gasteiger partial charge in [0.25, 0.3) is 11.8 Å². The largest absolute Gasteiger partial charge is 0.339 e. The molecule has 3 rings (SSSR count). The molecule has 1 heterocycles. The highest BCUT2D eigenvalue weighted by atomic mass is 16.2. The second-order valence-corrected chi connectivity index (χ2v) is 7.79. The van der Waals surface area contributed by atoms with Gasteiger partial charge in [-0.25, -0.2) is 0 Å². The minimum absolute atomic E-state index is 0.0410. The average molecular weight is 364 g/mol. The molecule has 1 fully saturated rings. The lowest BCUT2D eigenvalue weighted by atomic mass is 9.98. The number of hydrogen-bond donors (Lipinski definition) is 1. The van der Waals surface area contributed by atoms with E-state index in [9.17, 15) is 9.59 Å². The van der Waals surface area contributed by atoms with Gasteiger partial charge < -0.3 is 10.2 Å². The Balaban J connectivity index is 1.68. The van der Waals surface area contributed by atoms with Crippen molar-refractivity contribution in [1.82, 2.24) is 4.90 Å². The van der Waals surface area contributed by atoms with E-state index < -0.39 is 0 Å². The van der Waals surface area contributed by atoms with Crippen molar-refractivity contribution in [2.24, 2.45) is 5.92 Å². The highest BCUT2D eigenvalue weighted by molar-refractivity contribution is 6.05. The molecule has 0 bridgehead atoms. The quantitative estimate of drug-likeness (QED) is 0.836. The Hall–Kier alpha value is -2.62. The van der Waals surface area contributed by atoms with E-state index in [1.807, 2.05) is 47.4 Å². The maximum atomic E-state index is 12.7. The number of piperidine rings is 1. The fourth-order valence-corrected chi connectivity index (χ4v) is 3.35. The first-order valence-corrected chi connectivity index (χ1v) is 9.74. The van der Waals surface area contributed by atoms with E-state index in [2.05, 4.69) is 26.1 Å². The second kappa shape index (κ2) is 8.38. The van der Waals surface area contributed by atoms with Crippen LogP contribution in [0.4, 0.5) is 5.69 Å². The summed E-state index contributed by atoms with van der Waals surface area (Å²) < 4.78 is 0. The van der Waals surface area contributed by atoms with Gasteiger partial charge >= 0.3 is 0 Å². The summed E-state index contributed by atoms with van der Waals surface area (Å²) in [6.45, 7) is 8.09. The fraction of sp³-hybridized carbons (Fsp3) is 0.391. The number of nitrogens with zero attached hydrogens (tertiary/aromatic N) is 1. The summed E-state index contributed by atoms with van der Waals surface area (Å²) in [5.74, 6) is 0.991. The highest BCUT2D eigenvalue weighted by Gasteiger charge is 2.21. The van der Waals surface area contributed by atoms with E-state index >= 15 is 0 Å². The predicted octanol–water partition coefficient (Wildman–Crippen LogP) is 4.93. The van der Waals surface area contributed by atoms with Crippen LogP contribution in [0.3, 0.4) is 0 Å². The number of carbonyl (C=O) groups excluding carboxylic acids is 2.